The number of ether oxygens (including phenoxy) is 1. The zero-order valence-corrected chi connectivity index (χ0v) is 12.1. The van der Waals surface area contributed by atoms with Crippen molar-refractivity contribution in [2.45, 2.75) is 68.5 Å². The van der Waals surface area contributed by atoms with Crippen molar-refractivity contribution in [3.05, 3.63) is 0 Å². The molecular weight excluding hydrogens is 266 g/mol. The van der Waals surface area contributed by atoms with Gasteiger partial charge in [0.15, 0.2) is 0 Å². The highest BCUT2D eigenvalue weighted by atomic mass is 79.9. The summed E-state index contributed by atoms with van der Waals surface area (Å²) in [6.07, 6.45) is 8.87. The molecule has 3 heteroatoms. The van der Waals surface area contributed by atoms with Crippen LogP contribution in [0.15, 0.2) is 0 Å². The van der Waals surface area contributed by atoms with Crippen LogP contribution in [-0.2, 0) is 4.74 Å². The van der Waals surface area contributed by atoms with Gasteiger partial charge in [0.05, 0.1) is 12.2 Å². The van der Waals surface area contributed by atoms with Crippen molar-refractivity contribution < 1.29 is 4.74 Å². The van der Waals surface area contributed by atoms with Crippen molar-refractivity contribution in [2.75, 3.05) is 13.6 Å². The summed E-state index contributed by atoms with van der Waals surface area (Å²) in [7, 11) is 2.26. The van der Waals surface area contributed by atoms with Crippen molar-refractivity contribution in [3.63, 3.8) is 0 Å². The van der Waals surface area contributed by atoms with Gasteiger partial charge in [0, 0.05) is 17.4 Å². The summed E-state index contributed by atoms with van der Waals surface area (Å²) in [5.74, 6) is 0. The molecule has 0 N–H and O–H groups in total. The van der Waals surface area contributed by atoms with Crippen LogP contribution in [-0.4, -0.2) is 41.6 Å². The Balaban J connectivity index is 1.80. The molecule has 2 rings (SSSR count). The molecule has 4 atom stereocenters. The van der Waals surface area contributed by atoms with Gasteiger partial charge in [0.25, 0.3) is 0 Å². The van der Waals surface area contributed by atoms with Gasteiger partial charge in [-0.25, -0.2) is 0 Å². The molecule has 2 aliphatic rings. The van der Waals surface area contributed by atoms with E-state index in [9.17, 15) is 0 Å². The molecule has 0 aromatic rings. The average Bonchev–Trinajstić information content (AvgIpc) is 2.64. The minimum atomic E-state index is 0.474. The van der Waals surface area contributed by atoms with Gasteiger partial charge in [-0.15, -0.1) is 0 Å². The molecule has 1 saturated carbocycles. The van der Waals surface area contributed by atoms with E-state index in [1.54, 1.807) is 0 Å². The van der Waals surface area contributed by atoms with Crippen LogP contribution in [0.4, 0.5) is 0 Å². The van der Waals surface area contributed by atoms with Gasteiger partial charge in [0.2, 0.25) is 0 Å². The molecule has 4 unspecified atom stereocenters. The molecule has 94 valence electrons. The van der Waals surface area contributed by atoms with Crippen LogP contribution in [0.3, 0.4) is 0 Å². The third-order valence-corrected chi connectivity index (χ3v) is 5.09. The molecule has 0 spiro atoms. The summed E-state index contributed by atoms with van der Waals surface area (Å²) in [5.41, 5.74) is 0. The normalized spacial score (nSPS) is 40.5. The first-order chi connectivity index (χ1) is 7.66. The Morgan fingerprint density at radius 1 is 1.19 bits per heavy atom. The Hall–Kier alpha value is 0.400. The number of rotatable bonds is 3. The number of alkyl halides is 1. The van der Waals surface area contributed by atoms with Crippen LogP contribution in [0.5, 0.6) is 0 Å². The first-order valence-corrected chi connectivity index (χ1v) is 7.58. The Labute approximate surface area is 108 Å². The Morgan fingerprint density at radius 3 is 2.56 bits per heavy atom. The van der Waals surface area contributed by atoms with Gasteiger partial charge in [-0.05, 0) is 39.7 Å². The monoisotopic (exact) mass is 289 g/mol. The molecular formula is C13H24BrNO. The second-order valence-electron chi connectivity index (χ2n) is 5.45. The molecule has 2 fully saturated rings. The van der Waals surface area contributed by atoms with Crippen molar-refractivity contribution in [1.82, 2.24) is 4.90 Å². The lowest BCUT2D eigenvalue weighted by Crippen LogP contribution is -2.44. The lowest BCUT2D eigenvalue weighted by atomic mass is 9.94. The lowest BCUT2D eigenvalue weighted by molar-refractivity contribution is 0.0255. The zero-order valence-electron chi connectivity index (χ0n) is 10.5. The Bertz CT molecular complexity index is 224. The summed E-state index contributed by atoms with van der Waals surface area (Å²) < 4.78 is 5.90. The molecule has 0 radical (unpaired) electrons. The first kappa shape index (κ1) is 12.8. The molecule has 1 saturated heterocycles. The quantitative estimate of drug-likeness (QED) is 0.740. The van der Waals surface area contributed by atoms with Crippen LogP contribution in [0, 0.1) is 0 Å². The second kappa shape index (κ2) is 5.83. The standard InChI is InChI=1S/C13H24BrNO/c1-10-7-8-11(16-10)9-15(2)13-6-4-3-5-12(13)14/h10-13H,3-9H2,1-2H3. The molecule has 1 aliphatic heterocycles. The van der Waals surface area contributed by atoms with E-state index in [-0.39, 0.29) is 0 Å². The maximum absolute atomic E-state index is 5.90. The average molecular weight is 290 g/mol. The summed E-state index contributed by atoms with van der Waals surface area (Å²) in [6, 6.07) is 0.716. The van der Waals surface area contributed by atoms with Gasteiger partial charge in [-0.2, -0.15) is 0 Å². The summed E-state index contributed by atoms with van der Waals surface area (Å²) in [4.78, 5) is 3.20. The minimum Gasteiger partial charge on any atom is -0.374 e. The molecule has 1 aliphatic carbocycles. The molecule has 0 aromatic heterocycles. The minimum absolute atomic E-state index is 0.474. The predicted molar refractivity (Wildman–Crippen MR) is 71.2 cm³/mol. The van der Waals surface area contributed by atoms with Crippen molar-refractivity contribution in [2.24, 2.45) is 0 Å². The highest BCUT2D eigenvalue weighted by Gasteiger charge is 2.29. The number of hydrogen-bond donors (Lipinski definition) is 0. The number of likely N-dealkylation sites (N-methyl/N-ethyl adjacent to an activating group) is 1. The third-order valence-electron chi connectivity index (χ3n) is 4.02. The Kier molecular flexibility index (Phi) is 4.68. The number of halogens is 1. The highest BCUT2D eigenvalue weighted by molar-refractivity contribution is 9.09. The van der Waals surface area contributed by atoms with E-state index >= 15 is 0 Å². The van der Waals surface area contributed by atoms with Crippen LogP contribution in [0.1, 0.15) is 45.4 Å². The second-order valence-corrected chi connectivity index (χ2v) is 6.63. The summed E-state index contributed by atoms with van der Waals surface area (Å²) in [5, 5.41) is 0. The van der Waals surface area contributed by atoms with Crippen LogP contribution >= 0.6 is 15.9 Å². The number of hydrogen-bond acceptors (Lipinski definition) is 2. The largest absolute Gasteiger partial charge is 0.374 e. The van der Waals surface area contributed by atoms with E-state index in [2.05, 4.69) is 34.8 Å². The third kappa shape index (κ3) is 3.21. The van der Waals surface area contributed by atoms with Crippen molar-refractivity contribution in [3.8, 4) is 0 Å². The van der Waals surface area contributed by atoms with Gasteiger partial charge >= 0.3 is 0 Å². The SMILES string of the molecule is CC1CCC(CN(C)C2CCCCC2Br)O1. The fourth-order valence-electron chi connectivity index (χ4n) is 3.04. The topological polar surface area (TPSA) is 12.5 Å². The first-order valence-electron chi connectivity index (χ1n) is 6.66. The van der Waals surface area contributed by atoms with Gasteiger partial charge in [-0.3, -0.25) is 4.90 Å². The van der Waals surface area contributed by atoms with E-state index < -0.39 is 0 Å². The van der Waals surface area contributed by atoms with Crippen molar-refractivity contribution in [1.29, 1.82) is 0 Å². The maximum Gasteiger partial charge on any atom is 0.0706 e. The predicted octanol–water partition coefficient (Wildman–Crippen LogP) is 3.19. The molecule has 0 amide bonds. The van der Waals surface area contributed by atoms with E-state index in [1.807, 2.05) is 0 Å². The van der Waals surface area contributed by atoms with Gasteiger partial charge in [0.1, 0.15) is 0 Å². The fraction of sp³-hybridized carbons (Fsp3) is 1.00. The van der Waals surface area contributed by atoms with Crippen molar-refractivity contribution >= 4 is 15.9 Å². The fourth-order valence-corrected chi connectivity index (χ4v) is 4.03. The van der Waals surface area contributed by atoms with Gasteiger partial charge < -0.3 is 4.74 Å². The van der Waals surface area contributed by atoms with E-state index in [0.29, 0.717) is 23.1 Å². The van der Waals surface area contributed by atoms with Crippen LogP contribution < -0.4 is 0 Å². The van der Waals surface area contributed by atoms with Crippen LogP contribution in [0.2, 0.25) is 0 Å². The highest BCUT2D eigenvalue weighted by Crippen LogP contribution is 2.29. The van der Waals surface area contributed by atoms with Crippen LogP contribution in [0.25, 0.3) is 0 Å². The zero-order chi connectivity index (χ0) is 11.5. The molecule has 2 nitrogen and oxygen atoms in total. The lowest BCUT2D eigenvalue weighted by Gasteiger charge is -2.36. The Morgan fingerprint density at radius 2 is 1.94 bits per heavy atom. The van der Waals surface area contributed by atoms with E-state index in [0.717, 1.165) is 6.54 Å². The van der Waals surface area contributed by atoms with Gasteiger partial charge in [-0.1, -0.05) is 28.8 Å². The maximum atomic E-state index is 5.90. The molecule has 0 aromatic carbocycles. The molecule has 1 heterocycles. The number of nitrogens with zero attached hydrogens (tertiary/aromatic N) is 1. The smallest absolute Gasteiger partial charge is 0.0706 e. The summed E-state index contributed by atoms with van der Waals surface area (Å²) >= 11 is 3.83. The summed E-state index contributed by atoms with van der Waals surface area (Å²) in [6.45, 7) is 3.30. The molecule has 0 bridgehead atoms. The van der Waals surface area contributed by atoms with E-state index in [4.69, 9.17) is 4.74 Å². The van der Waals surface area contributed by atoms with E-state index in [1.165, 1.54) is 38.5 Å². The molecule has 16 heavy (non-hydrogen) atoms.